The summed E-state index contributed by atoms with van der Waals surface area (Å²) in [5.41, 5.74) is 5.04. The number of sulfone groups is 1. The van der Waals surface area contributed by atoms with Gasteiger partial charge in [-0.1, -0.05) is 0 Å². The fourth-order valence-corrected chi connectivity index (χ4v) is 2.13. The third-order valence-electron chi connectivity index (χ3n) is 2.39. The van der Waals surface area contributed by atoms with E-state index in [0.717, 1.165) is 18.4 Å². The Morgan fingerprint density at radius 1 is 1.32 bits per heavy atom. The maximum atomic E-state index is 12.4. The summed E-state index contributed by atoms with van der Waals surface area (Å²) in [5, 5.41) is 2.81. The third-order valence-corrected chi connectivity index (χ3v) is 3.42. The van der Waals surface area contributed by atoms with E-state index in [4.69, 9.17) is 5.73 Å². The predicted octanol–water partition coefficient (Wildman–Crippen LogP) is 2.13. The highest BCUT2D eigenvalue weighted by Crippen LogP contribution is 2.32. The molecular weight excluding hydrogens is 281 g/mol. The van der Waals surface area contributed by atoms with E-state index in [1.807, 2.05) is 0 Å². The van der Waals surface area contributed by atoms with Crippen molar-refractivity contribution in [3.63, 3.8) is 0 Å². The van der Waals surface area contributed by atoms with E-state index >= 15 is 0 Å². The molecule has 1 rings (SSSR count). The molecule has 108 valence electrons. The number of alkyl halides is 3. The van der Waals surface area contributed by atoms with Crippen LogP contribution in [-0.4, -0.2) is 27.0 Å². The summed E-state index contributed by atoms with van der Waals surface area (Å²) in [6.07, 6.45) is -2.94. The van der Waals surface area contributed by atoms with Crippen LogP contribution in [0.25, 0.3) is 0 Å². The molecule has 0 aliphatic rings. The molecule has 0 spiro atoms. The molecule has 0 bridgehead atoms. The standard InChI is InChI=1S/C11H15F3N2O2S/c1-19(17,18)6-2-5-16-10-4-3-8(7-9(10)15)11(12,13)14/h3-4,7,16H,2,5-6,15H2,1H3. The van der Waals surface area contributed by atoms with Crippen molar-refractivity contribution in [3.05, 3.63) is 23.8 Å². The van der Waals surface area contributed by atoms with Gasteiger partial charge in [0.1, 0.15) is 9.84 Å². The van der Waals surface area contributed by atoms with Gasteiger partial charge in [0.05, 0.1) is 22.7 Å². The Kier molecular flexibility index (Phi) is 4.67. The van der Waals surface area contributed by atoms with Gasteiger partial charge in [0.2, 0.25) is 0 Å². The molecule has 0 saturated carbocycles. The molecule has 0 aromatic heterocycles. The Balaban J connectivity index is 2.61. The van der Waals surface area contributed by atoms with Gasteiger partial charge in [-0.2, -0.15) is 13.2 Å². The second kappa shape index (κ2) is 5.68. The third kappa shape index (κ3) is 5.37. The molecule has 0 heterocycles. The Bertz CT molecular complexity index is 541. The van der Waals surface area contributed by atoms with E-state index in [1.54, 1.807) is 0 Å². The van der Waals surface area contributed by atoms with Gasteiger partial charge < -0.3 is 11.1 Å². The molecule has 8 heteroatoms. The lowest BCUT2D eigenvalue weighted by atomic mass is 10.1. The fourth-order valence-electron chi connectivity index (χ4n) is 1.46. The van der Waals surface area contributed by atoms with E-state index in [9.17, 15) is 21.6 Å². The molecule has 0 atom stereocenters. The summed E-state index contributed by atoms with van der Waals surface area (Å²) in [4.78, 5) is 0. The lowest BCUT2D eigenvalue weighted by Crippen LogP contribution is -2.11. The molecule has 0 amide bonds. The second-order valence-corrected chi connectivity index (χ2v) is 6.47. The molecule has 0 fully saturated rings. The van der Waals surface area contributed by atoms with Crippen LogP contribution in [0.15, 0.2) is 18.2 Å². The van der Waals surface area contributed by atoms with Crippen molar-refractivity contribution in [2.45, 2.75) is 12.6 Å². The van der Waals surface area contributed by atoms with Crippen molar-refractivity contribution in [1.82, 2.24) is 0 Å². The van der Waals surface area contributed by atoms with Gasteiger partial charge >= 0.3 is 6.18 Å². The van der Waals surface area contributed by atoms with Gasteiger partial charge in [-0.3, -0.25) is 0 Å². The minimum absolute atomic E-state index is 0.0144. The molecule has 0 aliphatic carbocycles. The van der Waals surface area contributed by atoms with Crippen molar-refractivity contribution < 1.29 is 21.6 Å². The first-order valence-electron chi connectivity index (χ1n) is 5.48. The van der Waals surface area contributed by atoms with Crippen LogP contribution in [0, 0.1) is 0 Å². The van der Waals surface area contributed by atoms with Gasteiger partial charge in [0, 0.05) is 12.8 Å². The molecule has 19 heavy (non-hydrogen) atoms. The van der Waals surface area contributed by atoms with Crippen molar-refractivity contribution in [1.29, 1.82) is 0 Å². The number of rotatable bonds is 5. The van der Waals surface area contributed by atoms with Gasteiger partial charge in [-0.25, -0.2) is 8.42 Å². The number of anilines is 2. The number of benzene rings is 1. The van der Waals surface area contributed by atoms with E-state index in [-0.39, 0.29) is 11.4 Å². The highest BCUT2D eigenvalue weighted by atomic mass is 32.2. The maximum absolute atomic E-state index is 12.4. The fraction of sp³-hybridized carbons (Fsp3) is 0.455. The Hall–Kier alpha value is -1.44. The first-order chi connectivity index (χ1) is 8.59. The average Bonchev–Trinajstić information content (AvgIpc) is 2.23. The number of hydrogen-bond acceptors (Lipinski definition) is 4. The zero-order chi connectivity index (χ0) is 14.7. The second-order valence-electron chi connectivity index (χ2n) is 4.21. The quantitative estimate of drug-likeness (QED) is 0.645. The first kappa shape index (κ1) is 15.6. The Labute approximate surface area is 109 Å². The molecule has 0 saturated heterocycles. The Morgan fingerprint density at radius 3 is 2.42 bits per heavy atom. The van der Waals surface area contributed by atoms with Crippen LogP contribution in [0.1, 0.15) is 12.0 Å². The van der Waals surface area contributed by atoms with E-state index < -0.39 is 21.6 Å². The van der Waals surface area contributed by atoms with Crippen molar-refractivity contribution in [2.24, 2.45) is 0 Å². The summed E-state index contributed by atoms with van der Waals surface area (Å²) in [7, 11) is -3.03. The van der Waals surface area contributed by atoms with Crippen LogP contribution in [-0.2, 0) is 16.0 Å². The van der Waals surface area contributed by atoms with Gasteiger partial charge in [0.25, 0.3) is 0 Å². The SMILES string of the molecule is CS(=O)(=O)CCCNc1ccc(C(F)(F)F)cc1N. The number of nitrogen functional groups attached to an aromatic ring is 1. The molecule has 3 N–H and O–H groups in total. The lowest BCUT2D eigenvalue weighted by molar-refractivity contribution is -0.137. The molecule has 4 nitrogen and oxygen atoms in total. The monoisotopic (exact) mass is 296 g/mol. The van der Waals surface area contributed by atoms with Crippen LogP contribution in [0.3, 0.4) is 0 Å². The number of nitrogens with two attached hydrogens (primary N) is 1. The average molecular weight is 296 g/mol. The molecule has 0 unspecified atom stereocenters. The molecule has 1 aromatic rings. The molecule has 0 radical (unpaired) electrons. The first-order valence-corrected chi connectivity index (χ1v) is 7.54. The van der Waals surface area contributed by atoms with Gasteiger partial charge in [0.15, 0.2) is 0 Å². The van der Waals surface area contributed by atoms with Crippen LogP contribution in [0.2, 0.25) is 0 Å². The van der Waals surface area contributed by atoms with E-state index in [1.165, 1.54) is 6.07 Å². The summed E-state index contributed by atoms with van der Waals surface area (Å²) in [5.74, 6) is 0.0144. The minimum atomic E-state index is -4.43. The normalized spacial score (nSPS) is 12.4. The number of hydrogen-bond donors (Lipinski definition) is 2. The molecule has 0 aliphatic heterocycles. The largest absolute Gasteiger partial charge is 0.416 e. The summed E-state index contributed by atoms with van der Waals surface area (Å²) >= 11 is 0. The molecule has 1 aromatic carbocycles. The summed E-state index contributed by atoms with van der Waals surface area (Å²) in [6.45, 7) is 0.322. The van der Waals surface area contributed by atoms with Crippen LogP contribution in [0.5, 0.6) is 0 Å². The van der Waals surface area contributed by atoms with Crippen LogP contribution in [0.4, 0.5) is 24.5 Å². The van der Waals surface area contributed by atoms with Crippen molar-refractivity contribution in [2.75, 3.05) is 29.6 Å². The number of halogens is 3. The van der Waals surface area contributed by atoms with Gasteiger partial charge in [-0.15, -0.1) is 0 Å². The van der Waals surface area contributed by atoms with Crippen LogP contribution >= 0.6 is 0 Å². The number of nitrogens with one attached hydrogen (secondary N) is 1. The minimum Gasteiger partial charge on any atom is -0.397 e. The van der Waals surface area contributed by atoms with E-state index in [2.05, 4.69) is 5.32 Å². The van der Waals surface area contributed by atoms with Gasteiger partial charge in [-0.05, 0) is 24.6 Å². The lowest BCUT2D eigenvalue weighted by Gasteiger charge is -2.12. The topological polar surface area (TPSA) is 72.2 Å². The zero-order valence-corrected chi connectivity index (χ0v) is 11.1. The van der Waals surface area contributed by atoms with Crippen molar-refractivity contribution in [3.8, 4) is 0 Å². The highest BCUT2D eigenvalue weighted by Gasteiger charge is 2.30. The predicted molar refractivity (Wildman–Crippen MR) is 68.7 cm³/mol. The van der Waals surface area contributed by atoms with Crippen LogP contribution < -0.4 is 11.1 Å². The highest BCUT2D eigenvalue weighted by molar-refractivity contribution is 7.90. The maximum Gasteiger partial charge on any atom is 0.416 e. The van der Waals surface area contributed by atoms with Crippen molar-refractivity contribution >= 4 is 21.2 Å². The van der Waals surface area contributed by atoms with E-state index in [0.29, 0.717) is 18.7 Å². The summed E-state index contributed by atoms with van der Waals surface area (Å²) in [6, 6.07) is 3.01. The smallest absolute Gasteiger partial charge is 0.397 e. The summed E-state index contributed by atoms with van der Waals surface area (Å²) < 4.78 is 59.0. The molecular formula is C11H15F3N2O2S. The zero-order valence-electron chi connectivity index (χ0n) is 10.3. The Morgan fingerprint density at radius 2 is 1.95 bits per heavy atom.